The highest BCUT2D eigenvalue weighted by Crippen LogP contribution is 2.18. The van der Waals surface area contributed by atoms with Crippen molar-refractivity contribution in [3.63, 3.8) is 0 Å². The Labute approximate surface area is 84.3 Å². The summed E-state index contributed by atoms with van der Waals surface area (Å²) in [4.78, 5) is 15.7. The van der Waals surface area contributed by atoms with Crippen molar-refractivity contribution in [3.05, 3.63) is 10.8 Å². The van der Waals surface area contributed by atoms with Gasteiger partial charge in [-0.05, 0) is 6.92 Å². The van der Waals surface area contributed by atoms with Crippen molar-refractivity contribution in [1.82, 2.24) is 19.9 Å². The van der Waals surface area contributed by atoms with Crippen LogP contribution in [-0.4, -0.2) is 19.9 Å². The lowest BCUT2D eigenvalue weighted by molar-refractivity contribution is 1.12. The second-order valence-corrected chi connectivity index (χ2v) is 3.10. The molecule has 6 nitrogen and oxygen atoms in total. The van der Waals surface area contributed by atoms with Gasteiger partial charge < -0.3 is 11.5 Å². The Hall–Kier alpha value is -1.69. The summed E-state index contributed by atoms with van der Waals surface area (Å²) < 4.78 is 0. The van der Waals surface area contributed by atoms with E-state index in [-0.39, 0.29) is 16.9 Å². The lowest BCUT2D eigenvalue weighted by Crippen LogP contribution is -2.04. The SMILES string of the molecule is Cc1nc2c(N)nc(N)nc2nc1Cl. The van der Waals surface area contributed by atoms with Crippen molar-refractivity contribution in [3.8, 4) is 0 Å². The summed E-state index contributed by atoms with van der Waals surface area (Å²) in [6.07, 6.45) is 0. The monoisotopic (exact) mass is 210 g/mol. The molecule has 0 fully saturated rings. The van der Waals surface area contributed by atoms with Crippen LogP contribution in [0.15, 0.2) is 0 Å². The average molecular weight is 211 g/mol. The summed E-state index contributed by atoms with van der Waals surface area (Å²) >= 11 is 5.78. The predicted octanol–water partition coefficient (Wildman–Crippen LogP) is 0.546. The van der Waals surface area contributed by atoms with E-state index in [9.17, 15) is 0 Å². The Morgan fingerprint density at radius 2 is 1.79 bits per heavy atom. The van der Waals surface area contributed by atoms with Crippen LogP contribution in [0.4, 0.5) is 11.8 Å². The average Bonchev–Trinajstić information content (AvgIpc) is 2.08. The van der Waals surface area contributed by atoms with Crippen molar-refractivity contribution < 1.29 is 0 Å². The van der Waals surface area contributed by atoms with Gasteiger partial charge >= 0.3 is 0 Å². The van der Waals surface area contributed by atoms with Gasteiger partial charge in [-0.2, -0.15) is 9.97 Å². The van der Waals surface area contributed by atoms with Gasteiger partial charge in [0.2, 0.25) is 5.95 Å². The smallest absolute Gasteiger partial charge is 0.224 e. The van der Waals surface area contributed by atoms with Crippen LogP contribution in [0, 0.1) is 6.92 Å². The number of hydrogen-bond acceptors (Lipinski definition) is 6. The fourth-order valence-corrected chi connectivity index (χ4v) is 1.17. The van der Waals surface area contributed by atoms with Gasteiger partial charge in [0.25, 0.3) is 0 Å². The lowest BCUT2D eigenvalue weighted by Gasteiger charge is -2.02. The van der Waals surface area contributed by atoms with Gasteiger partial charge in [0.15, 0.2) is 22.1 Å². The third kappa shape index (κ3) is 1.29. The molecule has 0 atom stereocenters. The van der Waals surface area contributed by atoms with E-state index in [1.165, 1.54) is 0 Å². The third-order valence-electron chi connectivity index (χ3n) is 1.69. The predicted molar refractivity (Wildman–Crippen MR) is 53.7 cm³/mol. The third-order valence-corrected chi connectivity index (χ3v) is 2.05. The summed E-state index contributed by atoms with van der Waals surface area (Å²) in [5.74, 6) is 0.268. The topological polar surface area (TPSA) is 104 Å². The van der Waals surface area contributed by atoms with Gasteiger partial charge in [-0.15, -0.1) is 0 Å². The second-order valence-electron chi connectivity index (χ2n) is 2.74. The van der Waals surface area contributed by atoms with E-state index in [0.29, 0.717) is 16.9 Å². The number of fused-ring (bicyclic) bond motifs is 1. The number of rotatable bonds is 0. The number of anilines is 2. The molecule has 2 aromatic heterocycles. The van der Waals surface area contributed by atoms with Crippen LogP contribution in [0.3, 0.4) is 0 Å². The van der Waals surface area contributed by atoms with Crippen LogP contribution in [0.2, 0.25) is 5.15 Å². The maximum absolute atomic E-state index is 5.78. The quantitative estimate of drug-likeness (QED) is 0.658. The number of nitrogen functional groups attached to an aromatic ring is 2. The fourth-order valence-electron chi connectivity index (χ4n) is 1.05. The summed E-state index contributed by atoms with van der Waals surface area (Å²) in [5, 5.41) is 0.287. The molecule has 0 saturated carbocycles. The molecule has 0 radical (unpaired) electrons. The zero-order valence-electron chi connectivity index (χ0n) is 7.32. The minimum atomic E-state index is 0.0595. The maximum Gasteiger partial charge on any atom is 0.224 e. The highest BCUT2D eigenvalue weighted by atomic mass is 35.5. The van der Waals surface area contributed by atoms with Crippen LogP contribution < -0.4 is 11.5 Å². The number of nitrogens with two attached hydrogens (primary N) is 2. The van der Waals surface area contributed by atoms with Crippen molar-refractivity contribution in [2.75, 3.05) is 11.5 Å². The minimum absolute atomic E-state index is 0.0595. The van der Waals surface area contributed by atoms with E-state index in [1.54, 1.807) is 6.92 Å². The zero-order chi connectivity index (χ0) is 10.3. The first-order valence-electron chi connectivity index (χ1n) is 3.81. The molecule has 7 heteroatoms. The van der Waals surface area contributed by atoms with E-state index < -0.39 is 0 Å². The van der Waals surface area contributed by atoms with Gasteiger partial charge in [-0.25, -0.2) is 9.97 Å². The molecule has 0 saturated heterocycles. The minimum Gasteiger partial charge on any atom is -0.382 e. The molecule has 14 heavy (non-hydrogen) atoms. The van der Waals surface area contributed by atoms with Gasteiger partial charge in [0.1, 0.15) is 0 Å². The molecule has 0 aliphatic rings. The molecule has 0 spiro atoms. The normalized spacial score (nSPS) is 10.7. The summed E-state index contributed by atoms with van der Waals surface area (Å²) in [7, 11) is 0. The Morgan fingerprint density at radius 1 is 1.07 bits per heavy atom. The second kappa shape index (κ2) is 2.91. The fraction of sp³-hybridized carbons (Fsp3) is 0.143. The highest BCUT2D eigenvalue weighted by molar-refractivity contribution is 6.30. The molecule has 0 amide bonds. The number of hydrogen-bond donors (Lipinski definition) is 2. The molecule has 0 aliphatic heterocycles. The number of nitrogens with zero attached hydrogens (tertiary/aromatic N) is 4. The number of halogens is 1. The Bertz CT molecular complexity index is 511. The van der Waals surface area contributed by atoms with Gasteiger partial charge in [0, 0.05) is 0 Å². The van der Waals surface area contributed by atoms with E-state index in [2.05, 4.69) is 19.9 Å². The molecular weight excluding hydrogens is 204 g/mol. The number of aromatic nitrogens is 4. The molecular formula is C7H7ClN6. The molecule has 2 aromatic rings. The van der Waals surface area contributed by atoms with Crippen LogP contribution in [0.25, 0.3) is 11.2 Å². The maximum atomic E-state index is 5.78. The standard InChI is InChI=1S/C7H7ClN6/c1-2-4(8)12-6-3(11-2)5(9)13-7(10)14-6/h1H3,(H4,9,10,12,13,14). The highest BCUT2D eigenvalue weighted by Gasteiger charge is 2.08. The van der Waals surface area contributed by atoms with Crippen molar-refractivity contribution in [1.29, 1.82) is 0 Å². The van der Waals surface area contributed by atoms with Gasteiger partial charge in [-0.3, -0.25) is 0 Å². The van der Waals surface area contributed by atoms with Crippen molar-refractivity contribution in [2.24, 2.45) is 0 Å². The van der Waals surface area contributed by atoms with E-state index >= 15 is 0 Å². The van der Waals surface area contributed by atoms with Crippen molar-refractivity contribution >= 4 is 34.5 Å². The van der Waals surface area contributed by atoms with Crippen LogP contribution >= 0.6 is 11.6 Å². The first-order valence-corrected chi connectivity index (χ1v) is 4.18. The van der Waals surface area contributed by atoms with E-state index in [0.717, 1.165) is 0 Å². The Kier molecular flexibility index (Phi) is 1.85. The summed E-state index contributed by atoms with van der Waals surface area (Å²) in [5.41, 5.74) is 12.3. The van der Waals surface area contributed by atoms with E-state index in [4.69, 9.17) is 23.1 Å². The van der Waals surface area contributed by atoms with Gasteiger partial charge in [0.05, 0.1) is 5.69 Å². The molecule has 0 aromatic carbocycles. The molecule has 0 aliphatic carbocycles. The lowest BCUT2D eigenvalue weighted by atomic mass is 10.4. The molecule has 2 rings (SSSR count). The van der Waals surface area contributed by atoms with Crippen LogP contribution in [-0.2, 0) is 0 Å². The largest absolute Gasteiger partial charge is 0.382 e. The van der Waals surface area contributed by atoms with E-state index in [1.807, 2.05) is 0 Å². The van der Waals surface area contributed by atoms with Crippen LogP contribution in [0.5, 0.6) is 0 Å². The molecule has 4 N–H and O–H groups in total. The summed E-state index contributed by atoms with van der Waals surface area (Å²) in [6.45, 7) is 1.73. The molecule has 0 bridgehead atoms. The molecule has 2 heterocycles. The Morgan fingerprint density at radius 3 is 2.50 bits per heavy atom. The number of aryl methyl sites for hydroxylation is 1. The molecule has 0 unspecified atom stereocenters. The zero-order valence-corrected chi connectivity index (χ0v) is 8.08. The van der Waals surface area contributed by atoms with Gasteiger partial charge in [-0.1, -0.05) is 11.6 Å². The molecule has 72 valence electrons. The Balaban J connectivity index is 2.89. The van der Waals surface area contributed by atoms with Crippen LogP contribution in [0.1, 0.15) is 5.69 Å². The first kappa shape index (κ1) is 8.89. The first-order chi connectivity index (χ1) is 6.58. The van der Waals surface area contributed by atoms with Crippen molar-refractivity contribution in [2.45, 2.75) is 6.92 Å². The summed E-state index contributed by atoms with van der Waals surface area (Å²) in [6, 6.07) is 0.